The molecule has 25 heavy (non-hydrogen) atoms. The zero-order valence-corrected chi connectivity index (χ0v) is 15.4. The smallest absolute Gasteiger partial charge is 0.261 e. The number of imide groups is 1. The normalized spacial score (nSPS) is 15.8. The minimum Gasteiger partial charge on any atom is -0.329 e. The maximum Gasteiger partial charge on any atom is 0.261 e. The molecule has 138 valence electrons. The van der Waals surface area contributed by atoms with Crippen molar-refractivity contribution in [2.24, 2.45) is 11.7 Å². The van der Waals surface area contributed by atoms with Crippen molar-refractivity contribution in [2.45, 2.75) is 32.7 Å². The standard InChI is InChI=1S/C17H25N3O4S/c1-12(2)10-13(11-18)19-25(23,24)9-5-8-20-16(21)14-6-3-4-7-15(14)17(20)22/h3-4,6-7,12-13,19H,5,8-11,18H2,1-2H3. The van der Waals surface area contributed by atoms with E-state index in [0.29, 0.717) is 23.5 Å². The van der Waals surface area contributed by atoms with Crippen LogP contribution in [0.2, 0.25) is 0 Å². The van der Waals surface area contributed by atoms with Crippen molar-refractivity contribution >= 4 is 21.8 Å². The maximum absolute atomic E-state index is 12.2. The SMILES string of the molecule is CC(C)CC(CN)NS(=O)(=O)CCCN1C(=O)c2ccccc2C1=O. The summed E-state index contributed by atoms with van der Waals surface area (Å²) in [4.78, 5) is 25.6. The lowest BCUT2D eigenvalue weighted by Gasteiger charge is -2.19. The molecule has 1 aromatic carbocycles. The van der Waals surface area contributed by atoms with E-state index in [-0.39, 0.29) is 43.1 Å². The van der Waals surface area contributed by atoms with Gasteiger partial charge in [0.1, 0.15) is 0 Å². The molecule has 3 N–H and O–H groups in total. The topological polar surface area (TPSA) is 110 Å². The zero-order valence-electron chi connectivity index (χ0n) is 14.6. The van der Waals surface area contributed by atoms with Gasteiger partial charge in [0.15, 0.2) is 0 Å². The van der Waals surface area contributed by atoms with Gasteiger partial charge in [0.25, 0.3) is 11.8 Å². The molecule has 0 radical (unpaired) electrons. The number of benzene rings is 1. The first-order valence-corrected chi connectivity index (χ1v) is 10.1. The van der Waals surface area contributed by atoms with Crippen molar-refractivity contribution in [3.05, 3.63) is 35.4 Å². The fourth-order valence-corrected chi connectivity index (χ4v) is 4.26. The van der Waals surface area contributed by atoms with Crippen molar-refractivity contribution in [1.29, 1.82) is 0 Å². The number of amides is 2. The van der Waals surface area contributed by atoms with Gasteiger partial charge in [0.2, 0.25) is 10.0 Å². The van der Waals surface area contributed by atoms with E-state index in [1.54, 1.807) is 24.3 Å². The lowest BCUT2D eigenvalue weighted by atomic mass is 10.1. The van der Waals surface area contributed by atoms with E-state index in [0.717, 1.165) is 4.90 Å². The molecule has 8 heteroatoms. The molecule has 1 aliphatic rings. The average molecular weight is 367 g/mol. The van der Waals surface area contributed by atoms with Crippen molar-refractivity contribution in [1.82, 2.24) is 9.62 Å². The van der Waals surface area contributed by atoms with Crippen LogP contribution in [0.15, 0.2) is 24.3 Å². The van der Waals surface area contributed by atoms with Crippen LogP contribution in [0.5, 0.6) is 0 Å². The summed E-state index contributed by atoms with van der Waals surface area (Å²) in [6, 6.07) is 6.30. The number of carbonyl (C=O) groups is 2. The molecule has 7 nitrogen and oxygen atoms in total. The predicted octanol–water partition coefficient (Wildman–Crippen LogP) is 0.966. The quantitative estimate of drug-likeness (QED) is 0.632. The van der Waals surface area contributed by atoms with E-state index < -0.39 is 10.0 Å². The molecule has 2 rings (SSSR count). The van der Waals surface area contributed by atoms with E-state index in [1.807, 2.05) is 13.8 Å². The van der Waals surface area contributed by atoms with Gasteiger partial charge in [0.05, 0.1) is 16.9 Å². The molecule has 0 spiro atoms. The van der Waals surface area contributed by atoms with E-state index in [1.165, 1.54) is 0 Å². The summed E-state index contributed by atoms with van der Waals surface area (Å²) in [6.45, 7) is 4.30. The van der Waals surface area contributed by atoms with Crippen molar-refractivity contribution in [3.8, 4) is 0 Å². The minimum atomic E-state index is -3.51. The van der Waals surface area contributed by atoms with Crippen LogP contribution in [0.1, 0.15) is 47.4 Å². The Morgan fingerprint density at radius 3 is 2.16 bits per heavy atom. The number of fused-ring (bicyclic) bond motifs is 1. The second-order valence-electron chi connectivity index (χ2n) is 6.66. The first-order valence-electron chi connectivity index (χ1n) is 8.40. The summed E-state index contributed by atoms with van der Waals surface area (Å²) in [5.41, 5.74) is 6.36. The molecular formula is C17H25N3O4S. The Morgan fingerprint density at radius 2 is 1.68 bits per heavy atom. The van der Waals surface area contributed by atoms with Crippen molar-refractivity contribution < 1.29 is 18.0 Å². The molecular weight excluding hydrogens is 342 g/mol. The van der Waals surface area contributed by atoms with Gasteiger partial charge < -0.3 is 5.73 Å². The van der Waals surface area contributed by atoms with E-state index >= 15 is 0 Å². The summed E-state index contributed by atoms with van der Waals surface area (Å²) < 4.78 is 27.0. The largest absolute Gasteiger partial charge is 0.329 e. The van der Waals surface area contributed by atoms with Gasteiger partial charge in [-0.3, -0.25) is 14.5 Å². The number of nitrogens with two attached hydrogens (primary N) is 1. The van der Waals surface area contributed by atoms with Gasteiger partial charge in [-0.05, 0) is 30.9 Å². The Balaban J connectivity index is 1.90. The number of carbonyl (C=O) groups excluding carboxylic acids is 2. The summed E-state index contributed by atoms with van der Waals surface area (Å²) in [7, 11) is -3.51. The molecule has 1 unspecified atom stereocenters. The van der Waals surface area contributed by atoms with Crippen LogP contribution < -0.4 is 10.5 Å². The van der Waals surface area contributed by atoms with E-state index in [4.69, 9.17) is 5.73 Å². The van der Waals surface area contributed by atoms with Crippen LogP contribution in [-0.2, 0) is 10.0 Å². The van der Waals surface area contributed by atoms with E-state index in [2.05, 4.69) is 4.72 Å². The average Bonchev–Trinajstić information content (AvgIpc) is 2.79. The van der Waals surface area contributed by atoms with Crippen LogP contribution in [0.4, 0.5) is 0 Å². The number of rotatable bonds is 9. The highest BCUT2D eigenvalue weighted by atomic mass is 32.2. The molecule has 0 saturated carbocycles. The number of sulfonamides is 1. The first kappa shape index (κ1) is 19.6. The Morgan fingerprint density at radius 1 is 1.12 bits per heavy atom. The third-order valence-corrected chi connectivity index (χ3v) is 5.58. The highest BCUT2D eigenvalue weighted by Crippen LogP contribution is 2.22. The van der Waals surface area contributed by atoms with Crippen molar-refractivity contribution in [2.75, 3.05) is 18.8 Å². The fourth-order valence-electron chi connectivity index (χ4n) is 2.93. The molecule has 0 bridgehead atoms. The maximum atomic E-state index is 12.2. The second kappa shape index (κ2) is 8.07. The molecule has 1 heterocycles. The predicted molar refractivity (Wildman–Crippen MR) is 95.6 cm³/mol. The second-order valence-corrected chi connectivity index (χ2v) is 8.53. The van der Waals surface area contributed by atoms with Gasteiger partial charge in [-0.1, -0.05) is 26.0 Å². The van der Waals surface area contributed by atoms with Gasteiger partial charge in [-0.15, -0.1) is 0 Å². The Kier molecular flexibility index (Phi) is 6.31. The lowest BCUT2D eigenvalue weighted by Crippen LogP contribution is -2.42. The number of nitrogens with one attached hydrogen (secondary N) is 1. The summed E-state index contributed by atoms with van der Waals surface area (Å²) in [5, 5.41) is 0. The van der Waals surface area contributed by atoms with Crippen LogP contribution in [0.3, 0.4) is 0 Å². The fraction of sp³-hybridized carbons (Fsp3) is 0.529. The molecule has 2 amide bonds. The summed E-state index contributed by atoms with van der Waals surface area (Å²) in [5.74, 6) is -0.569. The summed E-state index contributed by atoms with van der Waals surface area (Å²) >= 11 is 0. The van der Waals surface area contributed by atoms with Gasteiger partial charge in [-0.25, -0.2) is 13.1 Å². The zero-order chi connectivity index (χ0) is 18.6. The molecule has 0 aliphatic carbocycles. The molecule has 1 aromatic rings. The Hall–Kier alpha value is -1.77. The Bertz CT molecular complexity index is 711. The molecule has 0 fully saturated rings. The van der Waals surface area contributed by atoms with Crippen LogP contribution in [0.25, 0.3) is 0 Å². The number of hydrogen-bond donors (Lipinski definition) is 2. The van der Waals surface area contributed by atoms with Gasteiger partial charge in [0, 0.05) is 19.1 Å². The molecule has 1 atom stereocenters. The molecule has 0 aromatic heterocycles. The van der Waals surface area contributed by atoms with Crippen molar-refractivity contribution in [3.63, 3.8) is 0 Å². The third kappa shape index (κ3) is 4.87. The van der Waals surface area contributed by atoms with Gasteiger partial charge >= 0.3 is 0 Å². The van der Waals surface area contributed by atoms with Crippen LogP contribution in [0, 0.1) is 5.92 Å². The number of hydrogen-bond acceptors (Lipinski definition) is 5. The van der Waals surface area contributed by atoms with Gasteiger partial charge in [-0.2, -0.15) is 0 Å². The highest BCUT2D eigenvalue weighted by Gasteiger charge is 2.34. The minimum absolute atomic E-state index is 0.0741. The highest BCUT2D eigenvalue weighted by molar-refractivity contribution is 7.89. The summed E-state index contributed by atoms with van der Waals surface area (Å²) in [6.07, 6.45) is 0.841. The van der Waals surface area contributed by atoms with Crippen LogP contribution >= 0.6 is 0 Å². The third-order valence-electron chi connectivity index (χ3n) is 4.06. The Labute approximate surface area is 148 Å². The van der Waals surface area contributed by atoms with Crippen LogP contribution in [-0.4, -0.2) is 50.0 Å². The molecule has 0 saturated heterocycles. The van der Waals surface area contributed by atoms with E-state index in [9.17, 15) is 18.0 Å². The molecule has 1 aliphatic heterocycles. The lowest BCUT2D eigenvalue weighted by molar-refractivity contribution is 0.0654. The first-order chi connectivity index (χ1) is 11.7. The number of nitrogens with zero attached hydrogens (tertiary/aromatic N) is 1. The monoisotopic (exact) mass is 367 g/mol.